The summed E-state index contributed by atoms with van der Waals surface area (Å²) in [5.74, 6) is -0.224. The van der Waals surface area contributed by atoms with Gasteiger partial charge >= 0.3 is 5.97 Å². The molecule has 100 valence electrons. The maximum atomic E-state index is 11.8. The van der Waals surface area contributed by atoms with Crippen molar-refractivity contribution in [1.29, 1.82) is 0 Å². The number of carbonyl (C=O) groups is 1. The van der Waals surface area contributed by atoms with E-state index < -0.39 is 0 Å². The van der Waals surface area contributed by atoms with Crippen LogP contribution in [0.3, 0.4) is 0 Å². The molecular formula is C16H19NO2. The van der Waals surface area contributed by atoms with E-state index in [1.54, 1.807) is 0 Å². The minimum Gasteiger partial charge on any atom is -0.463 e. The van der Waals surface area contributed by atoms with E-state index in [1.165, 1.54) is 0 Å². The second-order valence-electron chi connectivity index (χ2n) is 4.46. The van der Waals surface area contributed by atoms with Gasteiger partial charge in [-0.3, -0.25) is 0 Å². The van der Waals surface area contributed by atoms with Crippen LogP contribution < -0.4 is 0 Å². The summed E-state index contributed by atoms with van der Waals surface area (Å²) in [5.41, 5.74) is 2.93. The number of aromatic nitrogens is 1. The van der Waals surface area contributed by atoms with Gasteiger partial charge < -0.3 is 9.30 Å². The van der Waals surface area contributed by atoms with E-state index in [-0.39, 0.29) is 5.97 Å². The molecule has 1 heterocycles. The summed E-state index contributed by atoms with van der Waals surface area (Å²) in [7, 11) is 2.01. The Morgan fingerprint density at radius 3 is 2.74 bits per heavy atom. The van der Waals surface area contributed by atoms with Crippen molar-refractivity contribution >= 4 is 22.9 Å². The number of fused-ring (bicyclic) bond motifs is 1. The highest BCUT2D eigenvalue weighted by Crippen LogP contribution is 2.23. The molecule has 1 aromatic carbocycles. The van der Waals surface area contributed by atoms with Gasteiger partial charge in [0, 0.05) is 35.3 Å². The maximum absolute atomic E-state index is 11.8. The third-order valence-corrected chi connectivity index (χ3v) is 3.18. The summed E-state index contributed by atoms with van der Waals surface area (Å²) in [5, 5.41) is 1.15. The minimum atomic E-state index is -0.224. The molecule has 0 amide bonds. The fourth-order valence-electron chi connectivity index (χ4n) is 2.20. The van der Waals surface area contributed by atoms with Crippen LogP contribution in [0.4, 0.5) is 0 Å². The van der Waals surface area contributed by atoms with Gasteiger partial charge in [0.15, 0.2) is 0 Å². The van der Waals surface area contributed by atoms with Crippen molar-refractivity contribution in [3.8, 4) is 0 Å². The summed E-state index contributed by atoms with van der Waals surface area (Å²) in [6.45, 7) is 4.20. The molecule has 0 N–H and O–H groups in total. The quantitative estimate of drug-likeness (QED) is 0.619. The minimum absolute atomic E-state index is 0.224. The fraction of sp³-hybridized carbons (Fsp3) is 0.312. The van der Waals surface area contributed by atoms with Crippen LogP contribution in [0.1, 0.15) is 25.8 Å². The van der Waals surface area contributed by atoms with Gasteiger partial charge in [-0.05, 0) is 25.5 Å². The molecule has 3 nitrogen and oxygen atoms in total. The van der Waals surface area contributed by atoms with Crippen molar-refractivity contribution in [3.63, 3.8) is 0 Å². The van der Waals surface area contributed by atoms with E-state index in [9.17, 15) is 4.79 Å². The number of carbonyl (C=O) groups excluding carboxylic acids is 1. The molecule has 1 aromatic heterocycles. The molecule has 0 unspecified atom stereocenters. The van der Waals surface area contributed by atoms with Crippen molar-refractivity contribution in [1.82, 2.24) is 4.57 Å². The number of nitrogens with zero attached hydrogens (tertiary/aromatic N) is 1. The number of aryl methyl sites for hydroxylation is 1. The summed E-state index contributed by atoms with van der Waals surface area (Å²) >= 11 is 0. The lowest BCUT2D eigenvalue weighted by atomic mass is 10.1. The molecule has 0 aliphatic carbocycles. The number of rotatable bonds is 4. The number of hydrogen-bond acceptors (Lipinski definition) is 2. The Kier molecular flexibility index (Phi) is 4.05. The average molecular weight is 257 g/mol. The first-order chi connectivity index (χ1) is 9.17. The van der Waals surface area contributed by atoms with Gasteiger partial charge in [0.25, 0.3) is 0 Å². The molecule has 3 heteroatoms. The summed E-state index contributed by atoms with van der Waals surface area (Å²) < 4.78 is 7.14. The zero-order valence-electron chi connectivity index (χ0n) is 11.6. The van der Waals surface area contributed by atoms with E-state index in [0.717, 1.165) is 16.5 Å². The number of para-hydroxylation sites is 1. The monoisotopic (exact) mass is 257 g/mol. The zero-order chi connectivity index (χ0) is 13.8. The molecule has 0 radical (unpaired) electrons. The van der Waals surface area contributed by atoms with Crippen molar-refractivity contribution in [2.45, 2.75) is 20.3 Å². The summed E-state index contributed by atoms with van der Waals surface area (Å²) in [6.07, 6.45) is 4.64. The van der Waals surface area contributed by atoms with E-state index >= 15 is 0 Å². The Hall–Kier alpha value is -2.03. The van der Waals surface area contributed by atoms with Crippen LogP contribution in [0.25, 0.3) is 17.0 Å². The van der Waals surface area contributed by atoms with Gasteiger partial charge in [-0.15, -0.1) is 0 Å². The standard InChI is InChI=1S/C16H19NO2/c1-4-12(16(18)19-5-2)10-13-11-17(3)15-9-7-6-8-14(13)15/h6-11H,4-5H2,1-3H3/b12-10+. The number of benzene rings is 1. The summed E-state index contributed by atoms with van der Waals surface area (Å²) in [4.78, 5) is 11.8. The number of esters is 1. The predicted molar refractivity (Wildman–Crippen MR) is 77.8 cm³/mol. The second-order valence-corrected chi connectivity index (χ2v) is 4.46. The van der Waals surface area contributed by atoms with Crippen LogP contribution in [-0.4, -0.2) is 17.1 Å². The highest BCUT2D eigenvalue weighted by Gasteiger charge is 2.10. The van der Waals surface area contributed by atoms with E-state index in [0.29, 0.717) is 18.6 Å². The Labute approximate surface area is 113 Å². The van der Waals surface area contributed by atoms with Crippen molar-refractivity contribution < 1.29 is 9.53 Å². The smallest absolute Gasteiger partial charge is 0.333 e. The van der Waals surface area contributed by atoms with Gasteiger partial charge in [0.1, 0.15) is 0 Å². The molecule has 19 heavy (non-hydrogen) atoms. The van der Waals surface area contributed by atoms with Crippen LogP contribution in [0.2, 0.25) is 0 Å². The first kappa shape index (κ1) is 13.4. The molecule has 0 atom stereocenters. The molecule has 2 rings (SSSR count). The Morgan fingerprint density at radius 1 is 1.32 bits per heavy atom. The highest BCUT2D eigenvalue weighted by molar-refractivity contribution is 5.98. The summed E-state index contributed by atoms with van der Waals surface area (Å²) in [6, 6.07) is 8.17. The van der Waals surface area contributed by atoms with Crippen LogP contribution in [-0.2, 0) is 16.6 Å². The lowest BCUT2D eigenvalue weighted by molar-refractivity contribution is -0.138. The fourth-order valence-corrected chi connectivity index (χ4v) is 2.20. The zero-order valence-corrected chi connectivity index (χ0v) is 11.6. The number of hydrogen-bond donors (Lipinski definition) is 0. The van der Waals surface area contributed by atoms with E-state index in [4.69, 9.17) is 4.74 Å². The highest BCUT2D eigenvalue weighted by atomic mass is 16.5. The van der Waals surface area contributed by atoms with Crippen molar-refractivity contribution in [2.75, 3.05) is 6.61 Å². The first-order valence-corrected chi connectivity index (χ1v) is 6.59. The van der Waals surface area contributed by atoms with Gasteiger partial charge in [-0.25, -0.2) is 4.79 Å². The molecule has 2 aromatic rings. The normalized spacial score (nSPS) is 11.8. The van der Waals surface area contributed by atoms with Crippen LogP contribution >= 0.6 is 0 Å². The van der Waals surface area contributed by atoms with Gasteiger partial charge in [-0.2, -0.15) is 0 Å². The van der Waals surface area contributed by atoms with Gasteiger partial charge in [0.05, 0.1) is 6.61 Å². The van der Waals surface area contributed by atoms with E-state index in [1.807, 2.05) is 45.3 Å². The van der Waals surface area contributed by atoms with Crippen molar-refractivity contribution in [3.05, 3.63) is 41.6 Å². The van der Waals surface area contributed by atoms with E-state index in [2.05, 4.69) is 16.7 Å². The lowest BCUT2D eigenvalue weighted by Gasteiger charge is -2.03. The predicted octanol–water partition coefficient (Wildman–Crippen LogP) is 3.53. The lowest BCUT2D eigenvalue weighted by Crippen LogP contribution is -2.06. The van der Waals surface area contributed by atoms with Crippen LogP contribution in [0.5, 0.6) is 0 Å². The van der Waals surface area contributed by atoms with Crippen molar-refractivity contribution in [2.24, 2.45) is 7.05 Å². The third-order valence-electron chi connectivity index (χ3n) is 3.18. The SMILES string of the molecule is CCOC(=O)/C(=C/c1cn(C)c2ccccc12)CC. The Balaban J connectivity index is 2.46. The van der Waals surface area contributed by atoms with Crippen LogP contribution in [0, 0.1) is 0 Å². The molecular weight excluding hydrogens is 238 g/mol. The molecule has 0 aliphatic heterocycles. The second kappa shape index (κ2) is 5.74. The van der Waals surface area contributed by atoms with Gasteiger partial charge in [0.2, 0.25) is 0 Å². The molecule has 0 fully saturated rings. The molecule has 0 saturated carbocycles. The Bertz CT molecular complexity index is 623. The molecule has 0 bridgehead atoms. The maximum Gasteiger partial charge on any atom is 0.333 e. The third kappa shape index (κ3) is 2.70. The first-order valence-electron chi connectivity index (χ1n) is 6.59. The molecule has 0 saturated heterocycles. The topological polar surface area (TPSA) is 31.2 Å². The Morgan fingerprint density at radius 2 is 2.05 bits per heavy atom. The molecule has 0 aliphatic rings. The number of ether oxygens (including phenoxy) is 1. The average Bonchev–Trinajstić information content (AvgIpc) is 2.73. The van der Waals surface area contributed by atoms with Gasteiger partial charge in [-0.1, -0.05) is 25.1 Å². The molecule has 0 spiro atoms. The van der Waals surface area contributed by atoms with Crippen LogP contribution in [0.15, 0.2) is 36.0 Å². The largest absolute Gasteiger partial charge is 0.463 e.